The Morgan fingerprint density at radius 2 is 2.19 bits per heavy atom. The summed E-state index contributed by atoms with van der Waals surface area (Å²) in [6, 6.07) is 0. The first-order valence-electron chi connectivity index (χ1n) is 5.72. The molecule has 0 aliphatic heterocycles. The molecular formula is C11H21N3OS. The highest BCUT2D eigenvalue weighted by atomic mass is 32.1. The SMILES string of the molecule is CCc1nsc(NCC(C)(O)CC(C)C)n1. The minimum Gasteiger partial charge on any atom is -0.388 e. The Balaban J connectivity index is 2.44. The molecule has 0 amide bonds. The van der Waals surface area contributed by atoms with Gasteiger partial charge < -0.3 is 10.4 Å². The predicted octanol–water partition coefficient (Wildman–Crippen LogP) is 2.31. The van der Waals surface area contributed by atoms with E-state index in [1.807, 2.05) is 13.8 Å². The molecule has 0 aliphatic carbocycles. The average molecular weight is 243 g/mol. The van der Waals surface area contributed by atoms with E-state index in [1.165, 1.54) is 11.5 Å². The number of nitrogens with one attached hydrogen (secondary N) is 1. The van der Waals surface area contributed by atoms with Gasteiger partial charge in [-0.05, 0) is 19.3 Å². The summed E-state index contributed by atoms with van der Waals surface area (Å²) in [6.45, 7) is 8.61. The van der Waals surface area contributed by atoms with Crippen LogP contribution in [0.3, 0.4) is 0 Å². The van der Waals surface area contributed by atoms with Crippen LogP contribution in [0.2, 0.25) is 0 Å². The van der Waals surface area contributed by atoms with Crippen molar-refractivity contribution in [1.82, 2.24) is 9.36 Å². The quantitative estimate of drug-likeness (QED) is 0.805. The van der Waals surface area contributed by atoms with E-state index in [-0.39, 0.29) is 0 Å². The lowest BCUT2D eigenvalue weighted by Gasteiger charge is -2.25. The highest BCUT2D eigenvalue weighted by Gasteiger charge is 2.21. The maximum atomic E-state index is 10.1. The van der Waals surface area contributed by atoms with Gasteiger partial charge in [-0.25, -0.2) is 4.98 Å². The lowest BCUT2D eigenvalue weighted by Crippen LogP contribution is -2.34. The van der Waals surface area contributed by atoms with Crippen LogP contribution in [0.25, 0.3) is 0 Å². The summed E-state index contributed by atoms with van der Waals surface area (Å²) < 4.78 is 4.18. The molecule has 92 valence electrons. The van der Waals surface area contributed by atoms with Crippen LogP contribution in [0, 0.1) is 5.92 Å². The van der Waals surface area contributed by atoms with Gasteiger partial charge in [0, 0.05) is 24.5 Å². The van der Waals surface area contributed by atoms with Crippen molar-refractivity contribution in [3.63, 3.8) is 0 Å². The van der Waals surface area contributed by atoms with E-state index in [4.69, 9.17) is 0 Å². The lowest BCUT2D eigenvalue weighted by molar-refractivity contribution is 0.0515. The third-order valence-corrected chi connectivity index (χ3v) is 2.96. The molecule has 0 aliphatic rings. The van der Waals surface area contributed by atoms with Gasteiger partial charge in [0.2, 0.25) is 5.13 Å². The second-order valence-corrected chi connectivity index (χ2v) is 5.57. The van der Waals surface area contributed by atoms with Crippen molar-refractivity contribution < 1.29 is 5.11 Å². The highest BCUT2D eigenvalue weighted by Crippen LogP contribution is 2.18. The summed E-state index contributed by atoms with van der Waals surface area (Å²) in [5.41, 5.74) is -0.688. The summed E-state index contributed by atoms with van der Waals surface area (Å²) in [7, 11) is 0. The first-order chi connectivity index (χ1) is 7.43. The predicted molar refractivity (Wildman–Crippen MR) is 67.9 cm³/mol. The van der Waals surface area contributed by atoms with Gasteiger partial charge in [0.25, 0.3) is 0 Å². The number of rotatable bonds is 6. The molecule has 5 heteroatoms. The molecule has 0 saturated carbocycles. The van der Waals surface area contributed by atoms with E-state index in [0.29, 0.717) is 12.5 Å². The summed E-state index contributed by atoms with van der Waals surface area (Å²) in [5, 5.41) is 14.0. The Kier molecular flexibility index (Phi) is 4.68. The molecular weight excluding hydrogens is 222 g/mol. The van der Waals surface area contributed by atoms with Gasteiger partial charge in [-0.15, -0.1) is 0 Å². The molecule has 16 heavy (non-hydrogen) atoms. The van der Waals surface area contributed by atoms with Gasteiger partial charge in [0.15, 0.2) is 0 Å². The van der Waals surface area contributed by atoms with E-state index >= 15 is 0 Å². The van der Waals surface area contributed by atoms with Crippen LogP contribution in [0.4, 0.5) is 5.13 Å². The molecule has 1 heterocycles. The number of hydrogen-bond donors (Lipinski definition) is 2. The molecule has 4 nitrogen and oxygen atoms in total. The molecule has 1 rings (SSSR count). The van der Waals surface area contributed by atoms with Crippen LogP contribution < -0.4 is 5.32 Å². The normalized spacial score (nSPS) is 15.1. The minimum atomic E-state index is -0.688. The fourth-order valence-electron chi connectivity index (χ4n) is 1.69. The van der Waals surface area contributed by atoms with Gasteiger partial charge in [-0.3, -0.25) is 0 Å². The zero-order valence-electron chi connectivity index (χ0n) is 10.4. The Morgan fingerprint density at radius 3 is 2.69 bits per heavy atom. The Bertz CT molecular complexity index is 323. The molecule has 1 aromatic rings. The summed E-state index contributed by atoms with van der Waals surface area (Å²) in [5.74, 6) is 1.34. The van der Waals surface area contributed by atoms with Crippen LogP contribution >= 0.6 is 11.5 Å². The Labute approximate surface area is 101 Å². The lowest BCUT2D eigenvalue weighted by atomic mass is 9.94. The second-order valence-electron chi connectivity index (χ2n) is 4.82. The molecule has 2 N–H and O–H groups in total. The molecule has 0 bridgehead atoms. The second kappa shape index (κ2) is 5.59. The van der Waals surface area contributed by atoms with E-state index in [0.717, 1.165) is 23.8 Å². The number of aryl methyl sites for hydroxylation is 1. The van der Waals surface area contributed by atoms with Gasteiger partial charge in [0.1, 0.15) is 5.82 Å². The van der Waals surface area contributed by atoms with Crippen LogP contribution in [0.15, 0.2) is 0 Å². The van der Waals surface area contributed by atoms with Crippen molar-refractivity contribution >= 4 is 16.7 Å². The molecule has 0 spiro atoms. The molecule has 0 aromatic carbocycles. The third kappa shape index (κ3) is 4.45. The molecule has 1 aromatic heterocycles. The number of aliphatic hydroxyl groups is 1. The topological polar surface area (TPSA) is 58.0 Å². The fraction of sp³-hybridized carbons (Fsp3) is 0.818. The van der Waals surface area contributed by atoms with Crippen molar-refractivity contribution in [3.05, 3.63) is 5.82 Å². The molecule has 0 fully saturated rings. The summed E-state index contributed by atoms with van der Waals surface area (Å²) in [6.07, 6.45) is 1.63. The monoisotopic (exact) mass is 243 g/mol. The van der Waals surface area contributed by atoms with Crippen LogP contribution in [-0.4, -0.2) is 26.6 Å². The highest BCUT2D eigenvalue weighted by molar-refractivity contribution is 7.09. The van der Waals surface area contributed by atoms with Crippen molar-refractivity contribution in [3.8, 4) is 0 Å². The first-order valence-corrected chi connectivity index (χ1v) is 6.49. The van der Waals surface area contributed by atoms with E-state index < -0.39 is 5.60 Å². The summed E-state index contributed by atoms with van der Waals surface area (Å²) in [4.78, 5) is 4.30. The van der Waals surface area contributed by atoms with Crippen LogP contribution in [-0.2, 0) is 6.42 Å². The van der Waals surface area contributed by atoms with E-state index in [9.17, 15) is 5.11 Å². The zero-order valence-corrected chi connectivity index (χ0v) is 11.3. The number of aromatic nitrogens is 2. The van der Waals surface area contributed by atoms with Gasteiger partial charge in [-0.2, -0.15) is 4.37 Å². The maximum Gasteiger partial charge on any atom is 0.202 e. The average Bonchev–Trinajstić information content (AvgIpc) is 2.60. The zero-order chi connectivity index (χ0) is 12.2. The van der Waals surface area contributed by atoms with Crippen molar-refractivity contribution in [2.45, 2.75) is 46.1 Å². The standard InChI is InChI=1S/C11H21N3OS/c1-5-9-13-10(16-14-9)12-7-11(4,15)6-8(2)3/h8,15H,5-7H2,1-4H3,(H,12,13,14). The van der Waals surface area contributed by atoms with Crippen molar-refractivity contribution in [1.29, 1.82) is 0 Å². The summed E-state index contributed by atoms with van der Waals surface area (Å²) >= 11 is 1.35. The smallest absolute Gasteiger partial charge is 0.202 e. The van der Waals surface area contributed by atoms with Gasteiger partial charge in [0.05, 0.1) is 5.60 Å². The minimum absolute atomic E-state index is 0.484. The largest absolute Gasteiger partial charge is 0.388 e. The molecule has 0 saturated heterocycles. The van der Waals surface area contributed by atoms with E-state index in [1.54, 1.807) is 0 Å². The first kappa shape index (κ1) is 13.4. The van der Waals surface area contributed by atoms with Gasteiger partial charge >= 0.3 is 0 Å². The Hall–Kier alpha value is -0.680. The van der Waals surface area contributed by atoms with Crippen molar-refractivity contribution in [2.75, 3.05) is 11.9 Å². The molecule has 0 radical (unpaired) electrons. The van der Waals surface area contributed by atoms with E-state index in [2.05, 4.69) is 28.5 Å². The van der Waals surface area contributed by atoms with Crippen LogP contribution in [0.1, 0.15) is 39.9 Å². The number of nitrogens with zero attached hydrogens (tertiary/aromatic N) is 2. The van der Waals surface area contributed by atoms with Crippen molar-refractivity contribution in [2.24, 2.45) is 5.92 Å². The molecule has 1 atom stereocenters. The van der Waals surface area contributed by atoms with Gasteiger partial charge in [-0.1, -0.05) is 20.8 Å². The third-order valence-electron chi connectivity index (χ3n) is 2.25. The number of anilines is 1. The van der Waals surface area contributed by atoms with Crippen LogP contribution in [0.5, 0.6) is 0 Å². The maximum absolute atomic E-state index is 10.1. The molecule has 1 unspecified atom stereocenters. The number of hydrogen-bond acceptors (Lipinski definition) is 5. The Morgan fingerprint density at radius 1 is 1.50 bits per heavy atom. The fourth-order valence-corrected chi connectivity index (χ4v) is 2.33.